The Morgan fingerprint density at radius 1 is 1.31 bits per heavy atom. The zero-order chi connectivity index (χ0) is 12.1. The van der Waals surface area contributed by atoms with Crippen LogP contribution in [0.5, 0.6) is 5.75 Å². The minimum atomic E-state index is -1.01. The summed E-state index contributed by atoms with van der Waals surface area (Å²) < 4.78 is 31.3. The van der Waals surface area contributed by atoms with Crippen LogP contribution in [0.25, 0.3) is 0 Å². The highest BCUT2D eigenvalue weighted by molar-refractivity contribution is 5.53. The average molecular weight is 229 g/mol. The Balaban J connectivity index is 2.56. The molecular weight excluding hydrogens is 212 g/mol. The lowest BCUT2D eigenvalue weighted by Crippen LogP contribution is -2.04. The van der Waals surface area contributed by atoms with Crippen LogP contribution in [-0.2, 0) is 0 Å². The lowest BCUT2D eigenvalue weighted by Gasteiger charge is -2.10. The largest absolute Gasteiger partial charge is 0.488 e. The van der Waals surface area contributed by atoms with E-state index in [1.165, 1.54) is 6.07 Å². The lowest BCUT2D eigenvalue weighted by atomic mass is 10.1. The number of rotatable bonds is 5. The van der Waals surface area contributed by atoms with Crippen molar-refractivity contribution in [3.8, 4) is 5.75 Å². The number of halogens is 2. The summed E-state index contributed by atoms with van der Waals surface area (Å²) in [7, 11) is 0. The van der Waals surface area contributed by atoms with Gasteiger partial charge in [-0.25, -0.2) is 4.39 Å². The molecule has 0 amide bonds. The summed E-state index contributed by atoms with van der Waals surface area (Å²) in [6, 6.07) is 2.29. The van der Waals surface area contributed by atoms with Crippen molar-refractivity contribution in [2.45, 2.75) is 26.7 Å². The average Bonchev–Trinajstić information content (AvgIpc) is 2.22. The summed E-state index contributed by atoms with van der Waals surface area (Å²) in [6.07, 6.45) is 1.78. The Labute approximate surface area is 94.4 Å². The second-order valence-corrected chi connectivity index (χ2v) is 4.16. The van der Waals surface area contributed by atoms with E-state index in [0.717, 1.165) is 18.9 Å². The highest BCUT2D eigenvalue weighted by Gasteiger charge is 2.12. The number of hydrogen-bond acceptors (Lipinski definition) is 2. The third-order valence-corrected chi connectivity index (χ3v) is 2.25. The molecule has 0 heterocycles. The normalized spacial score (nSPS) is 10.8. The second-order valence-electron chi connectivity index (χ2n) is 4.16. The van der Waals surface area contributed by atoms with E-state index in [1.54, 1.807) is 0 Å². The maximum absolute atomic E-state index is 13.3. The van der Waals surface area contributed by atoms with Crippen molar-refractivity contribution in [1.82, 2.24) is 0 Å². The molecule has 1 aromatic carbocycles. The van der Waals surface area contributed by atoms with Gasteiger partial charge in [-0.15, -0.1) is 0 Å². The van der Waals surface area contributed by atoms with Crippen LogP contribution in [0.2, 0.25) is 0 Å². The first kappa shape index (κ1) is 12.7. The first-order valence-electron chi connectivity index (χ1n) is 5.38. The van der Waals surface area contributed by atoms with Crippen LogP contribution in [0.3, 0.4) is 0 Å². The van der Waals surface area contributed by atoms with Crippen molar-refractivity contribution in [2.24, 2.45) is 5.92 Å². The van der Waals surface area contributed by atoms with Crippen LogP contribution in [0.1, 0.15) is 26.7 Å². The summed E-state index contributed by atoms with van der Waals surface area (Å²) in [4.78, 5) is 0. The fraction of sp³-hybridized carbons (Fsp3) is 0.500. The van der Waals surface area contributed by atoms with E-state index < -0.39 is 11.6 Å². The molecule has 0 aliphatic heterocycles. The zero-order valence-corrected chi connectivity index (χ0v) is 9.59. The quantitative estimate of drug-likeness (QED) is 0.620. The smallest absolute Gasteiger partial charge is 0.202 e. The minimum Gasteiger partial charge on any atom is -0.488 e. The van der Waals surface area contributed by atoms with Crippen molar-refractivity contribution in [3.63, 3.8) is 0 Å². The lowest BCUT2D eigenvalue weighted by molar-refractivity contribution is 0.281. The predicted molar refractivity (Wildman–Crippen MR) is 60.3 cm³/mol. The molecule has 0 saturated carbocycles. The second kappa shape index (κ2) is 5.68. The van der Waals surface area contributed by atoms with Gasteiger partial charge in [0, 0.05) is 0 Å². The first-order chi connectivity index (χ1) is 7.52. The Morgan fingerprint density at radius 3 is 2.62 bits per heavy atom. The van der Waals surface area contributed by atoms with Crippen LogP contribution < -0.4 is 10.5 Å². The fourth-order valence-corrected chi connectivity index (χ4v) is 1.36. The number of nitrogens with two attached hydrogens (primary N) is 1. The molecule has 4 heteroatoms. The van der Waals surface area contributed by atoms with Gasteiger partial charge in [-0.05, 0) is 30.9 Å². The van der Waals surface area contributed by atoms with Crippen LogP contribution >= 0.6 is 0 Å². The zero-order valence-electron chi connectivity index (χ0n) is 9.59. The Kier molecular flexibility index (Phi) is 4.52. The third kappa shape index (κ3) is 3.36. The van der Waals surface area contributed by atoms with E-state index in [9.17, 15) is 8.78 Å². The Hall–Kier alpha value is -1.32. The van der Waals surface area contributed by atoms with Crippen molar-refractivity contribution in [3.05, 3.63) is 23.8 Å². The third-order valence-electron chi connectivity index (χ3n) is 2.25. The molecule has 0 atom stereocenters. The number of anilines is 1. The molecule has 2 nitrogen and oxygen atoms in total. The molecule has 0 bridgehead atoms. The van der Waals surface area contributed by atoms with Gasteiger partial charge >= 0.3 is 0 Å². The van der Waals surface area contributed by atoms with E-state index >= 15 is 0 Å². The molecule has 90 valence electrons. The van der Waals surface area contributed by atoms with E-state index in [2.05, 4.69) is 13.8 Å². The van der Waals surface area contributed by atoms with Gasteiger partial charge in [-0.3, -0.25) is 0 Å². The van der Waals surface area contributed by atoms with Gasteiger partial charge in [0.15, 0.2) is 11.6 Å². The van der Waals surface area contributed by atoms with Gasteiger partial charge in [-0.2, -0.15) is 4.39 Å². The standard InChI is InChI=1S/C12H17F2NO/c1-8(2)4-3-7-16-12-10(15)6-5-9(13)11(12)14/h5-6,8H,3-4,7,15H2,1-2H3. The number of benzene rings is 1. The summed E-state index contributed by atoms with van der Waals surface area (Å²) >= 11 is 0. The summed E-state index contributed by atoms with van der Waals surface area (Å²) in [5, 5.41) is 0. The molecule has 0 saturated heterocycles. The summed E-state index contributed by atoms with van der Waals surface area (Å²) in [5.74, 6) is -1.56. The Morgan fingerprint density at radius 2 is 2.00 bits per heavy atom. The van der Waals surface area contributed by atoms with Crippen LogP contribution in [0.15, 0.2) is 12.1 Å². The van der Waals surface area contributed by atoms with Gasteiger partial charge in [0.2, 0.25) is 5.82 Å². The molecule has 1 aromatic rings. The number of nitrogen functional groups attached to an aromatic ring is 1. The van der Waals surface area contributed by atoms with Crippen molar-refractivity contribution >= 4 is 5.69 Å². The molecule has 0 aliphatic rings. The van der Waals surface area contributed by atoms with Crippen molar-refractivity contribution < 1.29 is 13.5 Å². The summed E-state index contributed by atoms with van der Waals surface area (Å²) in [6.45, 7) is 4.54. The van der Waals surface area contributed by atoms with Crippen LogP contribution in [0, 0.1) is 17.6 Å². The van der Waals surface area contributed by atoms with Gasteiger partial charge in [-0.1, -0.05) is 13.8 Å². The maximum Gasteiger partial charge on any atom is 0.202 e. The van der Waals surface area contributed by atoms with Gasteiger partial charge in [0.25, 0.3) is 0 Å². The molecule has 16 heavy (non-hydrogen) atoms. The highest BCUT2D eigenvalue weighted by atomic mass is 19.2. The molecule has 0 aromatic heterocycles. The van der Waals surface area contributed by atoms with Crippen LogP contribution in [0.4, 0.5) is 14.5 Å². The van der Waals surface area contributed by atoms with Gasteiger partial charge in [0.05, 0.1) is 12.3 Å². The number of ether oxygens (including phenoxy) is 1. The van der Waals surface area contributed by atoms with E-state index in [1.807, 2.05) is 0 Å². The van der Waals surface area contributed by atoms with Crippen LogP contribution in [-0.4, -0.2) is 6.61 Å². The SMILES string of the molecule is CC(C)CCCOc1c(N)ccc(F)c1F. The molecule has 0 unspecified atom stereocenters. The van der Waals surface area contributed by atoms with E-state index in [0.29, 0.717) is 12.5 Å². The molecular formula is C12H17F2NO. The first-order valence-corrected chi connectivity index (χ1v) is 5.38. The maximum atomic E-state index is 13.3. The van der Waals surface area contributed by atoms with Crippen molar-refractivity contribution in [1.29, 1.82) is 0 Å². The van der Waals surface area contributed by atoms with E-state index in [4.69, 9.17) is 10.5 Å². The molecule has 0 spiro atoms. The minimum absolute atomic E-state index is 0.128. The van der Waals surface area contributed by atoms with Gasteiger partial charge < -0.3 is 10.5 Å². The summed E-state index contributed by atoms with van der Waals surface area (Å²) in [5.41, 5.74) is 5.63. The number of hydrogen-bond donors (Lipinski definition) is 1. The Bertz CT molecular complexity index is 353. The van der Waals surface area contributed by atoms with Gasteiger partial charge in [0.1, 0.15) is 0 Å². The molecule has 1 rings (SSSR count). The molecule has 0 radical (unpaired) electrons. The molecule has 0 aliphatic carbocycles. The molecule has 0 fully saturated rings. The monoisotopic (exact) mass is 229 g/mol. The van der Waals surface area contributed by atoms with E-state index in [-0.39, 0.29) is 11.4 Å². The predicted octanol–water partition coefficient (Wildman–Crippen LogP) is 3.36. The van der Waals surface area contributed by atoms with Crippen molar-refractivity contribution in [2.75, 3.05) is 12.3 Å². The molecule has 2 N–H and O–H groups in total. The topological polar surface area (TPSA) is 35.2 Å². The highest BCUT2D eigenvalue weighted by Crippen LogP contribution is 2.27. The fourth-order valence-electron chi connectivity index (χ4n) is 1.36.